The predicted octanol–water partition coefficient (Wildman–Crippen LogP) is 3.32. The molecule has 0 amide bonds. The van der Waals surface area contributed by atoms with Crippen molar-refractivity contribution >= 4 is 38.9 Å². The zero-order valence-electron chi connectivity index (χ0n) is 10.8. The summed E-state index contributed by atoms with van der Waals surface area (Å²) in [6, 6.07) is 11.5. The van der Waals surface area contributed by atoms with Gasteiger partial charge in [0.15, 0.2) is 0 Å². The van der Waals surface area contributed by atoms with Gasteiger partial charge in [0.2, 0.25) is 5.95 Å². The zero-order valence-corrected chi connectivity index (χ0v) is 13.2. The van der Waals surface area contributed by atoms with E-state index in [1.54, 1.807) is 11.3 Å². The Kier molecular flexibility index (Phi) is 4.12. The third kappa shape index (κ3) is 3.56. The maximum absolute atomic E-state index is 12.0. The van der Waals surface area contributed by atoms with E-state index in [0.717, 1.165) is 15.0 Å². The number of halogens is 1. The fourth-order valence-electron chi connectivity index (χ4n) is 1.78. The monoisotopic (exact) mass is 362 g/mol. The lowest BCUT2D eigenvalue weighted by atomic mass is 10.3. The van der Waals surface area contributed by atoms with Gasteiger partial charge in [0.05, 0.1) is 0 Å². The van der Waals surface area contributed by atoms with Crippen molar-refractivity contribution in [1.29, 1.82) is 0 Å². The molecule has 0 radical (unpaired) electrons. The van der Waals surface area contributed by atoms with Gasteiger partial charge in [-0.15, -0.1) is 21.5 Å². The van der Waals surface area contributed by atoms with Gasteiger partial charge in [-0.25, -0.2) is 0 Å². The number of anilines is 2. The van der Waals surface area contributed by atoms with Crippen molar-refractivity contribution in [1.82, 2.24) is 15.2 Å². The first-order chi connectivity index (χ1) is 10.2. The third-order valence-electron chi connectivity index (χ3n) is 2.79. The van der Waals surface area contributed by atoms with E-state index in [9.17, 15) is 4.79 Å². The van der Waals surface area contributed by atoms with Crippen molar-refractivity contribution in [2.45, 2.75) is 6.42 Å². The van der Waals surface area contributed by atoms with Gasteiger partial charge in [0.1, 0.15) is 5.69 Å². The second-order valence-corrected chi connectivity index (χ2v) is 6.29. The first-order valence-corrected chi connectivity index (χ1v) is 7.89. The molecular weight excluding hydrogens is 352 g/mol. The van der Waals surface area contributed by atoms with E-state index in [0.29, 0.717) is 18.1 Å². The molecule has 0 aliphatic carbocycles. The Hall–Kier alpha value is -1.99. The minimum Gasteiger partial charge on any atom is -0.324 e. The highest BCUT2D eigenvalue weighted by atomic mass is 79.9. The molecule has 5 nitrogen and oxygen atoms in total. The number of benzene rings is 1. The van der Waals surface area contributed by atoms with Crippen molar-refractivity contribution in [3.05, 3.63) is 67.2 Å². The quantitative estimate of drug-likeness (QED) is 0.746. The number of rotatable bonds is 4. The smallest absolute Gasteiger partial charge is 0.274 e. The number of hydrogen-bond donors (Lipinski definition) is 2. The van der Waals surface area contributed by atoms with Crippen LogP contribution in [0.1, 0.15) is 10.6 Å². The molecule has 0 aliphatic rings. The van der Waals surface area contributed by atoms with Gasteiger partial charge in [-0.3, -0.25) is 9.78 Å². The van der Waals surface area contributed by atoms with E-state index in [4.69, 9.17) is 0 Å². The lowest BCUT2D eigenvalue weighted by Crippen LogP contribution is -2.18. The van der Waals surface area contributed by atoms with Gasteiger partial charge in [-0.2, -0.15) is 0 Å². The third-order valence-corrected chi connectivity index (χ3v) is 4.20. The highest BCUT2D eigenvalue weighted by molar-refractivity contribution is 9.10. The molecule has 0 aliphatic heterocycles. The predicted molar refractivity (Wildman–Crippen MR) is 87.2 cm³/mol. The number of H-pyrrole nitrogens is 1. The van der Waals surface area contributed by atoms with Crippen LogP contribution < -0.4 is 10.9 Å². The normalized spacial score (nSPS) is 10.5. The summed E-state index contributed by atoms with van der Waals surface area (Å²) < 4.78 is 0.985. The summed E-state index contributed by atoms with van der Waals surface area (Å²) in [4.78, 5) is 15.8. The molecule has 0 fully saturated rings. The van der Waals surface area contributed by atoms with Gasteiger partial charge >= 0.3 is 0 Å². The van der Waals surface area contributed by atoms with Crippen LogP contribution in [0.5, 0.6) is 0 Å². The molecule has 0 atom stereocenters. The van der Waals surface area contributed by atoms with Gasteiger partial charge in [-0.05, 0) is 35.7 Å². The lowest BCUT2D eigenvalue weighted by Gasteiger charge is -2.05. The summed E-state index contributed by atoms with van der Waals surface area (Å²) in [6.45, 7) is 0. The average molecular weight is 363 g/mol. The Morgan fingerprint density at radius 2 is 2.00 bits per heavy atom. The van der Waals surface area contributed by atoms with Crippen LogP contribution in [0.3, 0.4) is 0 Å². The van der Waals surface area contributed by atoms with Crippen molar-refractivity contribution in [2.24, 2.45) is 0 Å². The van der Waals surface area contributed by atoms with Crippen LogP contribution in [0.2, 0.25) is 0 Å². The van der Waals surface area contributed by atoms with E-state index < -0.39 is 0 Å². The Bertz CT molecular complexity index is 783. The maximum atomic E-state index is 12.0. The second kappa shape index (κ2) is 6.19. The summed E-state index contributed by atoms with van der Waals surface area (Å²) in [7, 11) is 0. The largest absolute Gasteiger partial charge is 0.324 e. The number of nitrogens with zero attached hydrogens (tertiary/aromatic N) is 2. The molecule has 0 spiro atoms. The van der Waals surface area contributed by atoms with Crippen LogP contribution in [0.4, 0.5) is 11.6 Å². The number of aromatic nitrogens is 3. The highest BCUT2D eigenvalue weighted by Gasteiger charge is 2.07. The molecule has 2 N–H and O–H groups in total. The standard InChI is InChI=1S/C14H11BrN4OS/c15-9-3-5-10(6-4-9)16-14-17-13(20)12(18-19-14)8-11-2-1-7-21-11/h1-7H,8H2,(H2,16,17,19,20). The zero-order chi connectivity index (χ0) is 14.7. The molecule has 0 saturated carbocycles. The average Bonchev–Trinajstić information content (AvgIpc) is 2.97. The van der Waals surface area contributed by atoms with Gasteiger partial charge in [-0.1, -0.05) is 22.0 Å². The van der Waals surface area contributed by atoms with Crippen LogP contribution in [0.25, 0.3) is 0 Å². The van der Waals surface area contributed by atoms with E-state index in [-0.39, 0.29) is 5.56 Å². The number of aromatic amines is 1. The van der Waals surface area contributed by atoms with Crippen LogP contribution in [-0.2, 0) is 6.42 Å². The minimum absolute atomic E-state index is 0.224. The molecule has 7 heteroatoms. The number of nitrogens with one attached hydrogen (secondary N) is 2. The molecular formula is C14H11BrN4OS. The van der Waals surface area contributed by atoms with Gasteiger partial charge < -0.3 is 5.32 Å². The van der Waals surface area contributed by atoms with Crippen molar-refractivity contribution in [3.63, 3.8) is 0 Å². The van der Waals surface area contributed by atoms with Crippen LogP contribution in [0.15, 0.2) is 51.0 Å². The molecule has 3 aromatic rings. The van der Waals surface area contributed by atoms with E-state index in [1.807, 2.05) is 41.8 Å². The molecule has 1 aromatic carbocycles. The highest BCUT2D eigenvalue weighted by Crippen LogP contribution is 2.16. The molecule has 0 saturated heterocycles. The maximum Gasteiger partial charge on any atom is 0.274 e. The van der Waals surface area contributed by atoms with E-state index in [2.05, 4.69) is 36.4 Å². The van der Waals surface area contributed by atoms with Crippen molar-refractivity contribution in [2.75, 3.05) is 5.32 Å². The Labute approximate surface area is 133 Å². The molecule has 0 unspecified atom stereocenters. The molecule has 21 heavy (non-hydrogen) atoms. The molecule has 106 valence electrons. The van der Waals surface area contributed by atoms with Crippen molar-refractivity contribution in [3.8, 4) is 0 Å². The first-order valence-electron chi connectivity index (χ1n) is 6.21. The molecule has 2 heterocycles. The lowest BCUT2D eigenvalue weighted by molar-refractivity contribution is 0.879. The fourth-order valence-corrected chi connectivity index (χ4v) is 2.75. The SMILES string of the molecule is O=c1[nH]c(Nc2ccc(Br)cc2)nnc1Cc1cccs1. The molecule has 3 rings (SSSR count). The van der Waals surface area contributed by atoms with Crippen LogP contribution in [-0.4, -0.2) is 15.2 Å². The summed E-state index contributed by atoms with van der Waals surface area (Å²) in [5, 5.41) is 13.0. The topological polar surface area (TPSA) is 70.7 Å². The Balaban J connectivity index is 1.77. The number of hydrogen-bond acceptors (Lipinski definition) is 5. The Morgan fingerprint density at radius 1 is 1.19 bits per heavy atom. The van der Waals surface area contributed by atoms with Crippen molar-refractivity contribution < 1.29 is 0 Å². The van der Waals surface area contributed by atoms with Gasteiger partial charge in [0.25, 0.3) is 5.56 Å². The van der Waals surface area contributed by atoms with E-state index in [1.165, 1.54) is 0 Å². The first kappa shape index (κ1) is 14.0. The van der Waals surface area contributed by atoms with Crippen LogP contribution >= 0.6 is 27.3 Å². The van der Waals surface area contributed by atoms with Gasteiger partial charge in [0, 0.05) is 21.5 Å². The summed E-state index contributed by atoms with van der Waals surface area (Å²) in [5.74, 6) is 0.331. The summed E-state index contributed by atoms with van der Waals surface area (Å²) >= 11 is 4.96. The van der Waals surface area contributed by atoms with E-state index >= 15 is 0 Å². The Morgan fingerprint density at radius 3 is 2.67 bits per heavy atom. The summed E-state index contributed by atoms with van der Waals surface area (Å²) in [6.07, 6.45) is 0.499. The molecule has 0 bridgehead atoms. The summed E-state index contributed by atoms with van der Waals surface area (Å²) in [5.41, 5.74) is 1.02. The molecule has 2 aromatic heterocycles. The fraction of sp³-hybridized carbons (Fsp3) is 0.0714. The minimum atomic E-state index is -0.224. The van der Waals surface area contributed by atoms with Crippen LogP contribution in [0, 0.1) is 0 Å². The second-order valence-electron chi connectivity index (χ2n) is 4.34. The number of thiophene rings is 1.